The summed E-state index contributed by atoms with van der Waals surface area (Å²) in [6.07, 6.45) is 4.09. The van der Waals surface area contributed by atoms with Crippen LogP contribution in [-0.2, 0) is 19.2 Å². The minimum Gasteiger partial charge on any atom is -0.480 e. The fourth-order valence-electron chi connectivity index (χ4n) is 1.88. The molecule has 0 fully saturated rings. The zero-order chi connectivity index (χ0) is 19.7. The molecule has 5 N–H and O–H groups in total. The quantitative estimate of drug-likeness (QED) is 0.223. The molecule has 0 unspecified atom stereocenters. The van der Waals surface area contributed by atoms with E-state index in [1.807, 2.05) is 0 Å². The van der Waals surface area contributed by atoms with Gasteiger partial charge in [-0.05, 0) is 0 Å². The van der Waals surface area contributed by atoms with Crippen LogP contribution in [0, 0.1) is 0 Å². The van der Waals surface area contributed by atoms with Gasteiger partial charge in [0.15, 0.2) is 0 Å². The first-order chi connectivity index (χ1) is 12.2. The number of hydrogen-bond donors (Lipinski definition) is 5. The van der Waals surface area contributed by atoms with E-state index >= 15 is 0 Å². The molecule has 26 heavy (non-hydrogen) atoms. The molecule has 1 heterocycles. The Bertz CT molecular complexity index is 609. The number of aliphatic imine (C=N–C) groups is 1. The normalized spacial score (nSPS) is 13.6. The predicted molar refractivity (Wildman–Crippen MR) is 83.0 cm³/mol. The summed E-state index contributed by atoms with van der Waals surface area (Å²) in [5.41, 5.74) is 2.25. The van der Waals surface area contributed by atoms with Gasteiger partial charge in [0.1, 0.15) is 26.2 Å². The van der Waals surface area contributed by atoms with Crippen molar-refractivity contribution in [3.05, 3.63) is 12.4 Å². The maximum Gasteiger partial charge on any atom is 0.321 e. The Labute approximate surface area is 146 Å². The molecule has 0 atom stereocenters. The summed E-state index contributed by atoms with van der Waals surface area (Å²) in [5, 5.41) is 39.7. The fourth-order valence-corrected chi connectivity index (χ4v) is 1.88. The number of hydrazine groups is 4. The molecule has 1 aliphatic rings. The molecule has 0 saturated carbocycles. The molecule has 0 bridgehead atoms. The van der Waals surface area contributed by atoms with Crippen LogP contribution in [-0.4, -0.2) is 104 Å². The number of carboxylic acid groups (broad SMARTS) is 4. The van der Waals surface area contributed by atoms with Crippen LogP contribution in [0.25, 0.3) is 0 Å². The molecule has 14 nitrogen and oxygen atoms in total. The Morgan fingerprint density at radius 1 is 0.962 bits per heavy atom. The maximum atomic E-state index is 11.2. The summed E-state index contributed by atoms with van der Waals surface area (Å²) < 4.78 is 0. The topological polar surface area (TPSA) is 187 Å². The number of aliphatic carboxylic acids is 4. The first kappa shape index (κ1) is 21.0. The lowest BCUT2D eigenvalue weighted by atomic mass is 10.5. The minimum absolute atomic E-state index is 0.0831. The van der Waals surface area contributed by atoms with Crippen molar-refractivity contribution in [2.45, 2.75) is 0 Å². The van der Waals surface area contributed by atoms with Crippen molar-refractivity contribution in [3.63, 3.8) is 0 Å². The molecule has 1 aliphatic heterocycles. The second kappa shape index (κ2) is 10.0. The molecule has 0 spiro atoms. The van der Waals surface area contributed by atoms with Gasteiger partial charge >= 0.3 is 23.9 Å². The molecule has 0 aromatic heterocycles. The third-order valence-corrected chi connectivity index (χ3v) is 2.79. The van der Waals surface area contributed by atoms with Gasteiger partial charge in [-0.3, -0.25) is 29.2 Å². The maximum absolute atomic E-state index is 11.2. The highest BCUT2D eigenvalue weighted by Crippen LogP contribution is 2.10. The van der Waals surface area contributed by atoms with Gasteiger partial charge in [-0.15, -0.1) is 15.4 Å². The second-order valence-corrected chi connectivity index (χ2v) is 4.78. The van der Waals surface area contributed by atoms with E-state index in [0.29, 0.717) is 5.12 Å². The number of rotatable bonds is 12. The van der Waals surface area contributed by atoms with Crippen molar-refractivity contribution in [2.24, 2.45) is 4.99 Å². The number of nitrogens with one attached hydrogen (secondary N) is 1. The van der Waals surface area contributed by atoms with E-state index in [1.54, 1.807) is 0 Å². The Balaban J connectivity index is 3.18. The fraction of sp³-hybridized carbons (Fsp3) is 0.417. The molecule has 0 radical (unpaired) electrons. The molecule has 0 saturated heterocycles. The number of nitrogens with zero attached hydrogens (tertiary/aromatic N) is 5. The van der Waals surface area contributed by atoms with Gasteiger partial charge in [-0.1, -0.05) is 0 Å². The van der Waals surface area contributed by atoms with E-state index in [4.69, 9.17) is 20.4 Å². The Morgan fingerprint density at radius 3 is 2.04 bits per heavy atom. The van der Waals surface area contributed by atoms with E-state index < -0.39 is 50.1 Å². The zero-order valence-electron chi connectivity index (χ0n) is 13.4. The minimum atomic E-state index is -1.40. The van der Waals surface area contributed by atoms with Gasteiger partial charge in [-0.25, -0.2) is 5.43 Å². The molecule has 14 heteroatoms. The lowest BCUT2D eigenvalue weighted by Crippen LogP contribution is -2.66. The van der Waals surface area contributed by atoms with Crippen molar-refractivity contribution in [1.29, 1.82) is 0 Å². The van der Waals surface area contributed by atoms with E-state index in [0.717, 1.165) is 10.2 Å². The van der Waals surface area contributed by atoms with Gasteiger partial charge in [0.2, 0.25) is 0 Å². The highest BCUT2D eigenvalue weighted by atomic mass is 16.4. The summed E-state index contributed by atoms with van der Waals surface area (Å²) in [6.45, 7) is -3.03. The van der Waals surface area contributed by atoms with Gasteiger partial charge < -0.3 is 20.4 Å². The highest BCUT2D eigenvalue weighted by molar-refractivity contribution is 5.71. The lowest BCUT2D eigenvalue weighted by Gasteiger charge is -2.44. The summed E-state index contributed by atoms with van der Waals surface area (Å²) in [4.78, 5) is 48.1. The summed E-state index contributed by atoms with van der Waals surface area (Å²) >= 11 is 0. The Hall–Kier alpha value is -3.07. The molecular weight excluding hydrogens is 356 g/mol. The smallest absolute Gasteiger partial charge is 0.321 e. The molecule has 144 valence electrons. The van der Waals surface area contributed by atoms with E-state index in [9.17, 15) is 19.2 Å². The van der Waals surface area contributed by atoms with Crippen LogP contribution < -0.4 is 5.43 Å². The average Bonchev–Trinajstić information content (AvgIpc) is 2.54. The average molecular weight is 374 g/mol. The van der Waals surface area contributed by atoms with Gasteiger partial charge in [0.05, 0.1) is 6.54 Å². The standard InChI is InChI=1S/C12H18N6O8/c19-9(20)5-14-16(6-10(21)22)18(8-12(25)26)17(7-11(23)24)15-3-1-13-2-4-15/h1-3,14H,4-8H2,(H,19,20)(H,21,22)(H,23,24)(H,25,26). The lowest BCUT2D eigenvalue weighted by molar-refractivity contribution is -0.276. The van der Waals surface area contributed by atoms with Gasteiger partial charge in [0, 0.05) is 18.6 Å². The first-order valence-electron chi connectivity index (χ1n) is 7.08. The van der Waals surface area contributed by atoms with Crippen LogP contribution in [0.2, 0.25) is 0 Å². The monoisotopic (exact) mass is 374 g/mol. The van der Waals surface area contributed by atoms with E-state index in [-0.39, 0.29) is 6.54 Å². The molecule has 0 amide bonds. The number of hydrogen-bond acceptors (Lipinski definition) is 10. The van der Waals surface area contributed by atoms with Crippen molar-refractivity contribution in [3.8, 4) is 0 Å². The molecule has 0 aromatic carbocycles. The Kier molecular flexibility index (Phi) is 8.10. The van der Waals surface area contributed by atoms with Crippen LogP contribution in [0.5, 0.6) is 0 Å². The molecular formula is C12H18N6O8. The predicted octanol–water partition coefficient (Wildman–Crippen LogP) is -2.66. The summed E-state index contributed by atoms with van der Waals surface area (Å²) in [6, 6.07) is 0. The highest BCUT2D eigenvalue weighted by Gasteiger charge is 2.31. The van der Waals surface area contributed by atoms with Gasteiger partial charge in [-0.2, -0.15) is 0 Å². The third-order valence-electron chi connectivity index (χ3n) is 2.79. The SMILES string of the molecule is O=C(O)CNN(CC(=O)O)N(CC(=O)O)N(CC(=O)O)N1C=CN=CC1. The molecule has 0 aliphatic carbocycles. The number of carboxylic acids is 4. The van der Waals surface area contributed by atoms with Crippen molar-refractivity contribution in [1.82, 2.24) is 25.8 Å². The second-order valence-electron chi connectivity index (χ2n) is 4.78. The van der Waals surface area contributed by atoms with Crippen LogP contribution in [0.15, 0.2) is 17.4 Å². The van der Waals surface area contributed by atoms with Gasteiger partial charge in [0.25, 0.3) is 0 Å². The van der Waals surface area contributed by atoms with E-state index in [1.165, 1.54) is 23.6 Å². The number of carbonyl (C=O) groups is 4. The van der Waals surface area contributed by atoms with Crippen molar-refractivity contribution in [2.75, 3.05) is 32.7 Å². The third kappa shape index (κ3) is 7.22. The van der Waals surface area contributed by atoms with Crippen LogP contribution >= 0.6 is 0 Å². The van der Waals surface area contributed by atoms with Crippen molar-refractivity contribution < 1.29 is 39.6 Å². The first-order valence-corrected chi connectivity index (χ1v) is 7.08. The van der Waals surface area contributed by atoms with Crippen LogP contribution in [0.3, 0.4) is 0 Å². The molecule has 1 rings (SSSR count). The summed E-state index contributed by atoms with van der Waals surface area (Å²) in [5.74, 6) is -5.46. The molecule has 0 aromatic rings. The largest absolute Gasteiger partial charge is 0.480 e. The van der Waals surface area contributed by atoms with Crippen LogP contribution in [0.1, 0.15) is 0 Å². The van der Waals surface area contributed by atoms with Crippen LogP contribution in [0.4, 0.5) is 0 Å². The Morgan fingerprint density at radius 2 is 1.58 bits per heavy atom. The van der Waals surface area contributed by atoms with Crippen molar-refractivity contribution >= 4 is 30.1 Å². The zero-order valence-corrected chi connectivity index (χ0v) is 13.4. The van der Waals surface area contributed by atoms with E-state index in [2.05, 4.69) is 10.4 Å². The summed E-state index contributed by atoms with van der Waals surface area (Å²) in [7, 11) is 0.